The Morgan fingerprint density at radius 1 is 1.11 bits per heavy atom. The van der Waals surface area contributed by atoms with Gasteiger partial charge in [-0.3, -0.25) is 4.79 Å². The third-order valence-electron chi connectivity index (χ3n) is 2.69. The van der Waals surface area contributed by atoms with Crippen LogP contribution in [-0.2, 0) is 0 Å². The van der Waals surface area contributed by atoms with Crippen LogP contribution in [-0.4, -0.2) is 12.5 Å². The van der Waals surface area contributed by atoms with Gasteiger partial charge in [0.2, 0.25) is 0 Å². The first kappa shape index (κ1) is 13.9. The lowest BCUT2D eigenvalue weighted by Gasteiger charge is -2.11. The normalized spacial score (nSPS) is 11.9. The molecular formula is C15H13Cl2NO. The third-order valence-corrected chi connectivity index (χ3v) is 3.33. The molecule has 0 aromatic heterocycles. The van der Waals surface area contributed by atoms with E-state index in [1.165, 1.54) is 0 Å². The van der Waals surface area contributed by atoms with Crippen LogP contribution in [0.5, 0.6) is 0 Å². The Hall–Kier alpha value is -1.51. The van der Waals surface area contributed by atoms with Gasteiger partial charge in [-0.15, -0.1) is 11.6 Å². The van der Waals surface area contributed by atoms with Crippen LogP contribution in [0.3, 0.4) is 0 Å². The van der Waals surface area contributed by atoms with Crippen molar-refractivity contribution < 1.29 is 4.79 Å². The SMILES string of the molecule is O=C(NCC(Cl)c1ccccc1)c1cccc(Cl)c1. The summed E-state index contributed by atoms with van der Waals surface area (Å²) in [6.07, 6.45) is 0. The van der Waals surface area contributed by atoms with Crippen LogP contribution in [0.2, 0.25) is 5.02 Å². The van der Waals surface area contributed by atoms with Gasteiger partial charge >= 0.3 is 0 Å². The van der Waals surface area contributed by atoms with E-state index in [9.17, 15) is 4.79 Å². The predicted molar refractivity (Wildman–Crippen MR) is 78.8 cm³/mol. The number of alkyl halides is 1. The molecule has 2 aromatic carbocycles. The summed E-state index contributed by atoms with van der Waals surface area (Å²) in [4.78, 5) is 11.9. The van der Waals surface area contributed by atoms with Crippen LogP contribution in [0.4, 0.5) is 0 Å². The molecule has 2 nitrogen and oxygen atoms in total. The van der Waals surface area contributed by atoms with E-state index in [1.807, 2.05) is 30.3 Å². The molecule has 0 saturated heterocycles. The van der Waals surface area contributed by atoms with Crippen molar-refractivity contribution >= 4 is 29.1 Å². The number of carbonyl (C=O) groups excluding carboxylic acids is 1. The molecule has 0 radical (unpaired) electrons. The van der Waals surface area contributed by atoms with Gasteiger partial charge in [-0.2, -0.15) is 0 Å². The predicted octanol–water partition coefficient (Wildman–Crippen LogP) is 4.05. The van der Waals surface area contributed by atoms with Crippen molar-refractivity contribution in [2.45, 2.75) is 5.38 Å². The molecule has 1 amide bonds. The van der Waals surface area contributed by atoms with Crippen molar-refractivity contribution in [3.8, 4) is 0 Å². The van der Waals surface area contributed by atoms with Crippen LogP contribution in [0.15, 0.2) is 54.6 Å². The number of hydrogen-bond donors (Lipinski definition) is 1. The summed E-state index contributed by atoms with van der Waals surface area (Å²) in [5, 5.41) is 3.09. The molecule has 1 atom stereocenters. The first-order valence-electron chi connectivity index (χ1n) is 5.89. The van der Waals surface area contributed by atoms with Crippen LogP contribution < -0.4 is 5.32 Å². The number of hydrogen-bond acceptors (Lipinski definition) is 1. The average Bonchev–Trinajstić information content (AvgIpc) is 2.45. The molecule has 0 fully saturated rings. The van der Waals surface area contributed by atoms with Crippen molar-refractivity contribution in [2.75, 3.05) is 6.54 Å². The zero-order chi connectivity index (χ0) is 13.7. The molecule has 0 heterocycles. The topological polar surface area (TPSA) is 29.1 Å². The van der Waals surface area contributed by atoms with Crippen LogP contribution in [0.1, 0.15) is 21.3 Å². The third kappa shape index (κ3) is 3.98. The van der Waals surface area contributed by atoms with E-state index in [4.69, 9.17) is 23.2 Å². The lowest BCUT2D eigenvalue weighted by molar-refractivity contribution is 0.0953. The van der Waals surface area contributed by atoms with Crippen molar-refractivity contribution in [3.63, 3.8) is 0 Å². The van der Waals surface area contributed by atoms with Gasteiger partial charge in [-0.1, -0.05) is 48.0 Å². The maximum Gasteiger partial charge on any atom is 0.251 e. The van der Waals surface area contributed by atoms with E-state index >= 15 is 0 Å². The lowest BCUT2D eigenvalue weighted by atomic mass is 10.1. The summed E-state index contributed by atoms with van der Waals surface area (Å²) in [5.74, 6) is -0.177. The highest BCUT2D eigenvalue weighted by Gasteiger charge is 2.10. The Bertz CT molecular complexity index is 557. The van der Waals surface area contributed by atoms with E-state index in [1.54, 1.807) is 24.3 Å². The first-order chi connectivity index (χ1) is 9.16. The molecule has 2 rings (SSSR count). The molecular weight excluding hydrogens is 281 g/mol. The summed E-state index contributed by atoms with van der Waals surface area (Å²) < 4.78 is 0. The molecule has 1 N–H and O–H groups in total. The highest BCUT2D eigenvalue weighted by Crippen LogP contribution is 2.19. The van der Waals surface area contributed by atoms with E-state index in [0.717, 1.165) is 5.56 Å². The second kappa shape index (κ2) is 6.60. The fourth-order valence-corrected chi connectivity index (χ4v) is 2.11. The first-order valence-corrected chi connectivity index (χ1v) is 6.71. The molecule has 1 unspecified atom stereocenters. The minimum atomic E-state index is -0.246. The van der Waals surface area contributed by atoms with Gasteiger partial charge in [0, 0.05) is 17.1 Å². The Balaban J connectivity index is 1.94. The summed E-state index contributed by atoms with van der Waals surface area (Å²) in [6.45, 7) is 0.372. The summed E-state index contributed by atoms with van der Waals surface area (Å²) in [6, 6.07) is 16.5. The highest BCUT2D eigenvalue weighted by atomic mass is 35.5. The molecule has 98 valence electrons. The van der Waals surface area contributed by atoms with Gasteiger partial charge < -0.3 is 5.32 Å². The standard InChI is InChI=1S/C15H13Cl2NO/c16-13-8-4-7-12(9-13)15(19)18-10-14(17)11-5-2-1-3-6-11/h1-9,14H,10H2,(H,18,19). The average molecular weight is 294 g/mol. The number of nitrogens with one attached hydrogen (secondary N) is 1. The molecule has 2 aromatic rings. The Kier molecular flexibility index (Phi) is 4.83. The molecule has 0 saturated carbocycles. The smallest absolute Gasteiger partial charge is 0.251 e. The lowest BCUT2D eigenvalue weighted by Crippen LogP contribution is -2.26. The largest absolute Gasteiger partial charge is 0.350 e. The van der Waals surface area contributed by atoms with Gasteiger partial charge in [0.1, 0.15) is 0 Å². The minimum Gasteiger partial charge on any atom is -0.350 e. The number of amides is 1. The van der Waals surface area contributed by atoms with Gasteiger partial charge in [0.25, 0.3) is 5.91 Å². The maximum atomic E-state index is 11.9. The molecule has 0 aliphatic carbocycles. The van der Waals surface area contributed by atoms with Gasteiger partial charge in [0.05, 0.1) is 5.38 Å². The van der Waals surface area contributed by atoms with E-state index in [2.05, 4.69) is 5.32 Å². The maximum absolute atomic E-state index is 11.9. The molecule has 0 bridgehead atoms. The summed E-state index contributed by atoms with van der Waals surface area (Å²) >= 11 is 12.1. The van der Waals surface area contributed by atoms with Crippen molar-refractivity contribution in [1.82, 2.24) is 5.32 Å². The van der Waals surface area contributed by atoms with Crippen LogP contribution in [0.25, 0.3) is 0 Å². The summed E-state index contributed by atoms with van der Waals surface area (Å²) in [7, 11) is 0. The fourth-order valence-electron chi connectivity index (χ4n) is 1.69. The highest BCUT2D eigenvalue weighted by molar-refractivity contribution is 6.31. The number of rotatable bonds is 4. The Morgan fingerprint density at radius 2 is 1.84 bits per heavy atom. The van der Waals surface area contributed by atoms with Crippen molar-refractivity contribution in [1.29, 1.82) is 0 Å². The zero-order valence-corrected chi connectivity index (χ0v) is 11.7. The molecule has 0 aliphatic rings. The molecule has 0 aliphatic heterocycles. The molecule has 0 spiro atoms. The van der Waals surface area contributed by atoms with Crippen LogP contribution >= 0.6 is 23.2 Å². The zero-order valence-electron chi connectivity index (χ0n) is 10.1. The van der Waals surface area contributed by atoms with Gasteiger partial charge in [0.15, 0.2) is 0 Å². The van der Waals surface area contributed by atoms with E-state index in [0.29, 0.717) is 17.1 Å². The van der Waals surface area contributed by atoms with Gasteiger partial charge in [-0.25, -0.2) is 0 Å². The van der Waals surface area contributed by atoms with E-state index < -0.39 is 0 Å². The van der Waals surface area contributed by atoms with Crippen molar-refractivity contribution in [2.24, 2.45) is 0 Å². The molecule has 4 heteroatoms. The van der Waals surface area contributed by atoms with E-state index in [-0.39, 0.29) is 11.3 Å². The van der Waals surface area contributed by atoms with Crippen molar-refractivity contribution in [3.05, 3.63) is 70.7 Å². The second-order valence-corrected chi connectivity index (χ2v) is 5.06. The quantitative estimate of drug-likeness (QED) is 0.847. The Labute approximate surface area is 122 Å². The number of halogens is 2. The molecule has 19 heavy (non-hydrogen) atoms. The monoisotopic (exact) mass is 293 g/mol. The second-order valence-electron chi connectivity index (χ2n) is 4.10. The van der Waals surface area contributed by atoms with Gasteiger partial charge in [-0.05, 0) is 23.8 Å². The van der Waals surface area contributed by atoms with Crippen LogP contribution in [0, 0.1) is 0 Å². The number of carbonyl (C=O) groups is 1. The number of benzene rings is 2. The summed E-state index contributed by atoms with van der Waals surface area (Å²) in [5.41, 5.74) is 1.51. The minimum absolute atomic E-state index is 0.177. The fraction of sp³-hybridized carbons (Fsp3) is 0.133. The Morgan fingerprint density at radius 3 is 2.53 bits per heavy atom.